The number of nitrogens with two attached hydrogens (primary N) is 1. The van der Waals surface area contributed by atoms with Crippen molar-refractivity contribution in [2.45, 2.75) is 52.9 Å². The highest BCUT2D eigenvalue weighted by Gasteiger charge is 2.16. The van der Waals surface area contributed by atoms with Crippen molar-refractivity contribution in [3.63, 3.8) is 0 Å². The van der Waals surface area contributed by atoms with E-state index in [4.69, 9.17) is 5.73 Å². The van der Waals surface area contributed by atoms with Crippen molar-refractivity contribution in [1.82, 2.24) is 5.43 Å². The van der Waals surface area contributed by atoms with Crippen molar-refractivity contribution in [2.75, 3.05) is 0 Å². The van der Waals surface area contributed by atoms with Gasteiger partial charge >= 0.3 is 6.03 Å². The lowest BCUT2D eigenvalue weighted by molar-refractivity contribution is 0.249. The molecular formula is C15H25N3O. The summed E-state index contributed by atoms with van der Waals surface area (Å²) >= 11 is 0. The molecule has 19 heavy (non-hydrogen) atoms. The third kappa shape index (κ3) is 6.22. The van der Waals surface area contributed by atoms with E-state index in [0.717, 1.165) is 37.8 Å². The lowest BCUT2D eigenvalue weighted by atomic mass is 9.85. The number of carbonyl (C=O) groups is 1. The molecule has 0 aromatic carbocycles. The summed E-state index contributed by atoms with van der Waals surface area (Å²) in [6.07, 6.45) is 10.2. The van der Waals surface area contributed by atoms with Gasteiger partial charge in [-0.15, -0.1) is 0 Å². The maximum Gasteiger partial charge on any atom is 0.332 e. The van der Waals surface area contributed by atoms with Crippen molar-refractivity contribution < 1.29 is 4.79 Å². The predicted octanol–water partition coefficient (Wildman–Crippen LogP) is 3.50. The lowest BCUT2D eigenvalue weighted by Crippen LogP contribution is -2.27. The van der Waals surface area contributed by atoms with Gasteiger partial charge in [0, 0.05) is 11.6 Å². The molecule has 106 valence electrons. The summed E-state index contributed by atoms with van der Waals surface area (Å²) in [5, 5.41) is 4.01. The van der Waals surface area contributed by atoms with Crippen molar-refractivity contribution in [3.8, 4) is 0 Å². The molecule has 0 aliphatic heterocycles. The maximum absolute atomic E-state index is 10.6. The molecule has 0 heterocycles. The highest BCUT2D eigenvalue weighted by atomic mass is 16.2. The van der Waals surface area contributed by atoms with Crippen LogP contribution in [-0.2, 0) is 0 Å². The average Bonchev–Trinajstić information content (AvgIpc) is 2.36. The number of hydrogen-bond acceptors (Lipinski definition) is 2. The van der Waals surface area contributed by atoms with Gasteiger partial charge in [0.2, 0.25) is 0 Å². The Morgan fingerprint density at radius 3 is 2.79 bits per heavy atom. The second-order valence-corrected chi connectivity index (χ2v) is 5.38. The van der Waals surface area contributed by atoms with Crippen molar-refractivity contribution in [1.29, 1.82) is 0 Å². The summed E-state index contributed by atoms with van der Waals surface area (Å²) in [6, 6.07) is -0.604. The Labute approximate surface area is 115 Å². The fourth-order valence-corrected chi connectivity index (χ4v) is 2.28. The van der Waals surface area contributed by atoms with Gasteiger partial charge in [-0.05, 0) is 52.9 Å². The zero-order valence-corrected chi connectivity index (χ0v) is 12.2. The quantitative estimate of drug-likeness (QED) is 0.445. The first-order valence-corrected chi connectivity index (χ1v) is 6.90. The van der Waals surface area contributed by atoms with Crippen LogP contribution in [0.2, 0.25) is 0 Å². The normalized spacial score (nSPS) is 19.6. The van der Waals surface area contributed by atoms with E-state index in [1.54, 1.807) is 5.57 Å². The number of amides is 2. The second-order valence-electron chi connectivity index (χ2n) is 5.38. The van der Waals surface area contributed by atoms with E-state index in [0.29, 0.717) is 5.92 Å². The zero-order chi connectivity index (χ0) is 14.3. The molecule has 0 aromatic rings. The Bertz CT molecular complexity index is 404. The monoisotopic (exact) mass is 263 g/mol. The highest BCUT2D eigenvalue weighted by Crippen LogP contribution is 2.27. The topological polar surface area (TPSA) is 67.5 Å². The lowest BCUT2D eigenvalue weighted by Gasteiger charge is -2.21. The van der Waals surface area contributed by atoms with E-state index in [1.165, 1.54) is 5.57 Å². The van der Waals surface area contributed by atoms with Crippen LogP contribution in [0.5, 0.6) is 0 Å². The van der Waals surface area contributed by atoms with Crippen LogP contribution in [0.15, 0.2) is 28.4 Å². The summed E-state index contributed by atoms with van der Waals surface area (Å²) < 4.78 is 0. The summed E-state index contributed by atoms with van der Waals surface area (Å²) in [5.74, 6) is 0.430. The predicted molar refractivity (Wildman–Crippen MR) is 79.9 cm³/mol. The molecule has 2 amide bonds. The smallest absolute Gasteiger partial charge is 0.332 e. The first-order valence-electron chi connectivity index (χ1n) is 6.90. The minimum atomic E-state index is -0.604. The number of primary amides is 1. The first kappa shape index (κ1) is 15.5. The fraction of sp³-hybridized carbons (Fsp3) is 0.600. The maximum atomic E-state index is 10.6. The van der Waals surface area contributed by atoms with Crippen LogP contribution in [-0.4, -0.2) is 11.7 Å². The number of nitrogens with zero attached hydrogens (tertiary/aromatic N) is 1. The van der Waals surface area contributed by atoms with Crippen LogP contribution in [0.4, 0.5) is 4.79 Å². The van der Waals surface area contributed by atoms with Crippen molar-refractivity contribution >= 4 is 11.7 Å². The molecular weight excluding hydrogens is 238 g/mol. The second kappa shape index (κ2) is 7.77. The SMILES string of the molecule is CC(C)=CCCC1=CCC(C(C)=NNC(N)=O)CC1. The molecule has 1 aliphatic rings. The van der Waals surface area contributed by atoms with Crippen LogP contribution >= 0.6 is 0 Å². The molecule has 1 atom stereocenters. The average molecular weight is 263 g/mol. The molecule has 0 aromatic heterocycles. The molecule has 0 spiro atoms. The molecule has 1 unspecified atom stereocenters. The van der Waals surface area contributed by atoms with Crippen LogP contribution < -0.4 is 11.2 Å². The molecule has 0 fully saturated rings. The molecule has 0 saturated carbocycles. The molecule has 3 N–H and O–H groups in total. The summed E-state index contributed by atoms with van der Waals surface area (Å²) in [4.78, 5) is 10.6. The third-order valence-electron chi connectivity index (χ3n) is 3.46. The third-order valence-corrected chi connectivity index (χ3v) is 3.46. The van der Waals surface area contributed by atoms with E-state index in [9.17, 15) is 4.79 Å². The van der Waals surface area contributed by atoms with E-state index in [1.807, 2.05) is 6.92 Å². The van der Waals surface area contributed by atoms with Gasteiger partial charge in [0.25, 0.3) is 0 Å². The van der Waals surface area contributed by atoms with E-state index in [2.05, 4.69) is 36.5 Å². The number of hydrazone groups is 1. The number of nitrogens with one attached hydrogen (secondary N) is 1. The highest BCUT2D eigenvalue weighted by molar-refractivity contribution is 5.86. The van der Waals surface area contributed by atoms with E-state index >= 15 is 0 Å². The van der Waals surface area contributed by atoms with Gasteiger partial charge in [-0.25, -0.2) is 10.2 Å². The van der Waals surface area contributed by atoms with E-state index < -0.39 is 6.03 Å². The molecule has 1 rings (SSSR count). The Hall–Kier alpha value is -1.58. The van der Waals surface area contributed by atoms with Gasteiger partial charge in [0.1, 0.15) is 0 Å². The Morgan fingerprint density at radius 2 is 2.26 bits per heavy atom. The fourth-order valence-electron chi connectivity index (χ4n) is 2.28. The van der Waals surface area contributed by atoms with Gasteiger partial charge in [-0.3, -0.25) is 0 Å². The van der Waals surface area contributed by atoms with Gasteiger partial charge < -0.3 is 5.73 Å². The standard InChI is InChI=1S/C15H25N3O/c1-11(2)5-4-6-13-7-9-14(10-8-13)12(3)17-18-15(16)19/h5,7,14H,4,6,8-10H2,1-3H3,(H3,16,18,19). The van der Waals surface area contributed by atoms with Crippen LogP contribution in [0.25, 0.3) is 0 Å². The van der Waals surface area contributed by atoms with Gasteiger partial charge in [-0.2, -0.15) is 5.10 Å². The van der Waals surface area contributed by atoms with Crippen molar-refractivity contribution in [3.05, 3.63) is 23.3 Å². The summed E-state index contributed by atoms with van der Waals surface area (Å²) in [5.41, 5.74) is 11.2. The van der Waals surface area contributed by atoms with Crippen LogP contribution in [0.1, 0.15) is 52.9 Å². The molecule has 4 heteroatoms. The van der Waals surface area contributed by atoms with Gasteiger partial charge in [0.15, 0.2) is 0 Å². The molecule has 4 nitrogen and oxygen atoms in total. The number of hydrogen-bond donors (Lipinski definition) is 2. The Kier molecular flexibility index (Phi) is 6.33. The summed E-state index contributed by atoms with van der Waals surface area (Å²) in [7, 11) is 0. The van der Waals surface area contributed by atoms with Gasteiger partial charge in [-0.1, -0.05) is 23.3 Å². The molecule has 0 radical (unpaired) electrons. The first-order chi connectivity index (χ1) is 8.99. The Balaban J connectivity index is 2.42. The van der Waals surface area contributed by atoms with Crippen LogP contribution in [0, 0.1) is 5.92 Å². The number of urea groups is 1. The van der Waals surface area contributed by atoms with Gasteiger partial charge in [0.05, 0.1) is 0 Å². The Morgan fingerprint density at radius 1 is 1.53 bits per heavy atom. The zero-order valence-electron chi connectivity index (χ0n) is 12.2. The van der Waals surface area contributed by atoms with Crippen LogP contribution in [0.3, 0.4) is 0 Å². The van der Waals surface area contributed by atoms with E-state index in [-0.39, 0.29) is 0 Å². The minimum absolute atomic E-state index is 0.430. The number of rotatable bonds is 5. The number of allylic oxidation sites excluding steroid dienone is 4. The molecule has 0 bridgehead atoms. The largest absolute Gasteiger partial charge is 0.350 e. The minimum Gasteiger partial charge on any atom is -0.350 e. The molecule has 0 saturated heterocycles. The van der Waals surface area contributed by atoms with Crippen molar-refractivity contribution in [2.24, 2.45) is 16.8 Å². The number of carbonyl (C=O) groups excluding carboxylic acids is 1. The summed E-state index contributed by atoms with van der Waals surface area (Å²) in [6.45, 7) is 6.22. The molecule has 1 aliphatic carbocycles.